The van der Waals surface area contributed by atoms with E-state index in [0.717, 1.165) is 18.7 Å². The molecule has 8 aromatic carbocycles. The second kappa shape index (κ2) is 12.3. The Labute approximate surface area is 334 Å². The largest absolute Gasteiger partial charge is 0.384 e. The number of hydrogen-bond donors (Lipinski definition) is 1. The van der Waals surface area contributed by atoms with Crippen molar-refractivity contribution in [2.24, 2.45) is 5.92 Å². The van der Waals surface area contributed by atoms with Crippen LogP contribution in [0.2, 0.25) is 0 Å². The van der Waals surface area contributed by atoms with Crippen LogP contribution in [0.15, 0.2) is 176 Å². The Kier molecular flexibility index (Phi) is 7.06. The van der Waals surface area contributed by atoms with Crippen LogP contribution in [-0.4, -0.2) is 6.54 Å². The van der Waals surface area contributed by atoms with Crippen LogP contribution in [0, 0.1) is 11.8 Å². The van der Waals surface area contributed by atoms with Gasteiger partial charge in [-0.3, -0.25) is 0 Å². The number of anilines is 1. The minimum atomic E-state index is -0.0746. The fraction of sp³-hybridized carbons (Fsp3) is 0.125. The van der Waals surface area contributed by atoms with Gasteiger partial charge >= 0.3 is 0 Å². The maximum atomic E-state index is 3.77. The maximum Gasteiger partial charge on any atom is 0.0383 e. The van der Waals surface area contributed by atoms with Gasteiger partial charge in [0.05, 0.1) is 0 Å². The summed E-state index contributed by atoms with van der Waals surface area (Å²) in [6, 6.07) is 54.7. The third-order valence-electron chi connectivity index (χ3n) is 13.6. The fourth-order valence-corrected chi connectivity index (χ4v) is 10.6. The molecule has 0 heterocycles. The molecule has 4 aliphatic carbocycles. The predicted molar refractivity (Wildman–Crippen MR) is 242 cm³/mol. The van der Waals surface area contributed by atoms with Gasteiger partial charge in [0, 0.05) is 29.5 Å². The minimum absolute atomic E-state index is 0.0746. The van der Waals surface area contributed by atoms with Crippen molar-refractivity contribution in [3.8, 4) is 33.4 Å². The van der Waals surface area contributed by atoms with Crippen LogP contribution in [0.4, 0.5) is 5.69 Å². The molecular formula is C56H42N. The molecule has 1 N–H and O–H groups in total. The lowest BCUT2D eigenvalue weighted by atomic mass is 9.64. The molecule has 0 fully saturated rings. The van der Waals surface area contributed by atoms with Crippen molar-refractivity contribution in [1.29, 1.82) is 0 Å². The molecule has 8 aromatic rings. The molecular weight excluding hydrogens is 687 g/mol. The van der Waals surface area contributed by atoms with E-state index in [-0.39, 0.29) is 5.41 Å². The van der Waals surface area contributed by atoms with E-state index in [4.69, 9.17) is 0 Å². The Hall–Kier alpha value is -6.44. The number of benzene rings is 8. The van der Waals surface area contributed by atoms with Gasteiger partial charge < -0.3 is 5.32 Å². The first kappa shape index (κ1) is 32.8. The topological polar surface area (TPSA) is 12.0 Å². The van der Waals surface area contributed by atoms with Gasteiger partial charge in [0.25, 0.3) is 0 Å². The van der Waals surface area contributed by atoms with E-state index in [1.165, 1.54) is 105 Å². The van der Waals surface area contributed by atoms with Gasteiger partial charge in [-0.05, 0) is 136 Å². The Bertz CT molecular complexity index is 3040. The zero-order chi connectivity index (χ0) is 37.8. The van der Waals surface area contributed by atoms with Crippen molar-refractivity contribution >= 4 is 43.6 Å². The smallest absolute Gasteiger partial charge is 0.0383 e. The lowest BCUT2D eigenvalue weighted by Gasteiger charge is -2.38. The molecule has 0 spiro atoms. The van der Waals surface area contributed by atoms with E-state index in [1.54, 1.807) is 0 Å². The summed E-state index contributed by atoms with van der Waals surface area (Å²) in [7, 11) is 0. The zero-order valence-electron chi connectivity index (χ0n) is 32.3. The monoisotopic (exact) mass is 728 g/mol. The molecule has 1 nitrogen and oxygen atoms in total. The summed E-state index contributed by atoms with van der Waals surface area (Å²) < 4.78 is 0. The third-order valence-corrected chi connectivity index (χ3v) is 13.6. The van der Waals surface area contributed by atoms with E-state index in [0.29, 0.717) is 11.8 Å². The number of rotatable bonds is 5. The second-order valence-electron chi connectivity index (χ2n) is 17.0. The number of allylic oxidation sites excluding steroid dienone is 5. The highest BCUT2D eigenvalue weighted by atomic mass is 14.9. The van der Waals surface area contributed by atoms with E-state index >= 15 is 0 Å². The van der Waals surface area contributed by atoms with Crippen LogP contribution in [0.1, 0.15) is 54.0 Å². The molecule has 0 amide bonds. The molecule has 1 heteroatoms. The van der Waals surface area contributed by atoms with Crippen molar-refractivity contribution in [2.75, 3.05) is 11.9 Å². The van der Waals surface area contributed by atoms with Crippen molar-refractivity contribution in [3.05, 3.63) is 210 Å². The first-order valence-corrected chi connectivity index (χ1v) is 20.5. The van der Waals surface area contributed by atoms with Gasteiger partial charge in [0.2, 0.25) is 0 Å². The molecule has 0 saturated carbocycles. The highest BCUT2D eigenvalue weighted by Crippen LogP contribution is 2.60. The summed E-state index contributed by atoms with van der Waals surface area (Å²) >= 11 is 0. The van der Waals surface area contributed by atoms with Crippen molar-refractivity contribution in [3.63, 3.8) is 0 Å². The Morgan fingerprint density at radius 2 is 1.21 bits per heavy atom. The summed E-state index contributed by atoms with van der Waals surface area (Å²) in [6.07, 6.45) is 12.7. The highest BCUT2D eigenvalue weighted by Gasteiger charge is 2.43. The summed E-state index contributed by atoms with van der Waals surface area (Å²) in [5, 5.41) is 11.6. The van der Waals surface area contributed by atoms with E-state index in [1.807, 2.05) is 0 Å². The Balaban J connectivity index is 0.785. The van der Waals surface area contributed by atoms with Gasteiger partial charge in [-0.15, -0.1) is 0 Å². The fourth-order valence-electron chi connectivity index (χ4n) is 10.6. The lowest BCUT2D eigenvalue weighted by molar-refractivity contribution is 0.659. The molecule has 0 aromatic heterocycles. The lowest BCUT2D eigenvalue weighted by Crippen LogP contribution is -2.22. The van der Waals surface area contributed by atoms with Gasteiger partial charge in [-0.25, -0.2) is 0 Å². The molecule has 0 bridgehead atoms. The van der Waals surface area contributed by atoms with Gasteiger partial charge in [0.15, 0.2) is 0 Å². The van der Waals surface area contributed by atoms with E-state index in [9.17, 15) is 0 Å². The molecule has 0 saturated heterocycles. The highest BCUT2D eigenvalue weighted by molar-refractivity contribution is 6.25. The summed E-state index contributed by atoms with van der Waals surface area (Å²) in [5.41, 5.74) is 17.7. The standard InChI is InChI=1S/C56H42N/c1-56(2)52-29-28-49-46-27-26-45(46)43-15-7-8-17-48(43)54(49)55(52)50-25-21-38(32-53(50)56)36-11-9-10-34(30-36)33-57-39-22-18-35(19-23-39)37-20-24-47-42-14-4-3-12-40(42)41-13-5-6-16-44(41)51(47)31-37/h3-29,31-32,34,45,57H,30,33H2,1-2H3. The average molecular weight is 729 g/mol. The molecule has 12 rings (SSSR count). The Morgan fingerprint density at radius 3 is 1.96 bits per heavy atom. The number of nitrogens with one attached hydrogen (secondary N) is 1. The van der Waals surface area contributed by atoms with Crippen molar-refractivity contribution in [1.82, 2.24) is 0 Å². The van der Waals surface area contributed by atoms with Gasteiger partial charge in [-0.2, -0.15) is 0 Å². The molecule has 271 valence electrons. The van der Waals surface area contributed by atoms with Gasteiger partial charge in [-0.1, -0.05) is 166 Å². The molecule has 2 atom stereocenters. The first-order valence-electron chi connectivity index (χ1n) is 20.5. The molecule has 1 radical (unpaired) electrons. The van der Waals surface area contributed by atoms with Crippen molar-refractivity contribution in [2.45, 2.75) is 31.6 Å². The van der Waals surface area contributed by atoms with Gasteiger partial charge in [0.1, 0.15) is 0 Å². The quantitative estimate of drug-likeness (QED) is 0.174. The Morgan fingerprint density at radius 1 is 0.544 bits per heavy atom. The van der Waals surface area contributed by atoms with Crippen LogP contribution in [0.3, 0.4) is 0 Å². The zero-order valence-corrected chi connectivity index (χ0v) is 32.3. The molecule has 2 unspecified atom stereocenters. The third kappa shape index (κ3) is 4.88. The van der Waals surface area contributed by atoms with Crippen molar-refractivity contribution < 1.29 is 0 Å². The molecule has 57 heavy (non-hydrogen) atoms. The predicted octanol–water partition coefficient (Wildman–Crippen LogP) is 14.4. The SMILES string of the molecule is CC1(C)c2cc(C3=CC=CC(CNc4ccc(-c5ccc6c7ccccc7c7ccccc7c6c5)cc4)C3)ccc2-c2c1ccc1c2-c2ccccc2C2C=C[C]12. The average Bonchev–Trinajstić information content (AvgIpc) is 3.48. The normalized spacial score (nSPS) is 18.4. The van der Waals surface area contributed by atoms with Crippen LogP contribution in [0.25, 0.3) is 71.3 Å². The van der Waals surface area contributed by atoms with Crippen LogP contribution < -0.4 is 5.32 Å². The maximum absolute atomic E-state index is 3.77. The first-order chi connectivity index (χ1) is 28.0. The minimum Gasteiger partial charge on any atom is -0.384 e. The van der Waals surface area contributed by atoms with E-state index < -0.39 is 0 Å². The second-order valence-corrected chi connectivity index (χ2v) is 17.0. The van der Waals surface area contributed by atoms with Crippen LogP contribution in [-0.2, 0) is 5.41 Å². The molecule has 4 aliphatic rings. The van der Waals surface area contributed by atoms with Crippen LogP contribution in [0.5, 0.6) is 0 Å². The number of hydrogen-bond acceptors (Lipinski definition) is 1. The summed E-state index contributed by atoms with van der Waals surface area (Å²) in [6.45, 7) is 5.72. The molecule has 0 aliphatic heterocycles. The number of fused-ring (bicyclic) bond motifs is 16. The summed E-state index contributed by atoms with van der Waals surface area (Å²) in [5.74, 6) is 2.31. The van der Waals surface area contributed by atoms with Crippen LogP contribution >= 0.6 is 0 Å². The summed E-state index contributed by atoms with van der Waals surface area (Å²) in [4.78, 5) is 0. The van der Waals surface area contributed by atoms with E-state index in [2.05, 4.69) is 195 Å².